The van der Waals surface area contributed by atoms with Crippen molar-refractivity contribution < 1.29 is 19.4 Å². The van der Waals surface area contributed by atoms with Crippen LogP contribution >= 0.6 is 0 Å². The van der Waals surface area contributed by atoms with Crippen LogP contribution in [0.4, 0.5) is 0 Å². The summed E-state index contributed by atoms with van der Waals surface area (Å²) in [6.45, 7) is 3.95. The molecular formula is C21H28O4. The zero-order chi connectivity index (χ0) is 18.2. The third-order valence-corrected chi connectivity index (χ3v) is 4.52. The Morgan fingerprint density at radius 3 is 2.84 bits per heavy atom. The Bertz CT molecular complexity index is 633. The van der Waals surface area contributed by atoms with Crippen LogP contribution in [0.2, 0.25) is 0 Å². The monoisotopic (exact) mass is 344 g/mol. The van der Waals surface area contributed by atoms with E-state index in [1.807, 2.05) is 50.3 Å². The molecule has 0 aliphatic carbocycles. The molecule has 4 nitrogen and oxygen atoms in total. The van der Waals surface area contributed by atoms with Crippen LogP contribution in [0.15, 0.2) is 30.4 Å². The first-order chi connectivity index (χ1) is 12.1. The minimum Gasteiger partial charge on any atom is -0.465 e. The Hall–Kier alpha value is -1.91. The summed E-state index contributed by atoms with van der Waals surface area (Å²) in [7, 11) is 1.39. The lowest BCUT2D eigenvalue weighted by atomic mass is 9.97. The standard InChI is InChI=1S/C21H28O4/c1-4-7-16-11-10-15(14-18(16)21(23)24-3)8-6-9-17-12-13-19(22)20(5-2)25-17/h4,6-8,10-11,14,17,19-20,22H,5,9,12-13H2,1-3H3/b7-4+,8-6+/t17?,19?,20-/m1/s1. The Kier molecular flexibility index (Phi) is 7.41. The Morgan fingerprint density at radius 2 is 2.16 bits per heavy atom. The number of hydrogen-bond donors (Lipinski definition) is 1. The predicted molar refractivity (Wildman–Crippen MR) is 100 cm³/mol. The highest BCUT2D eigenvalue weighted by Crippen LogP contribution is 2.24. The quantitative estimate of drug-likeness (QED) is 0.785. The maximum atomic E-state index is 12.0. The second-order valence-electron chi connectivity index (χ2n) is 6.33. The van der Waals surface area contributed by atoms with E-state index in [2.05, 4.69) is 6.08 Å². The number of methoxy groups -OCH3 is 1. The first-order valence-corrected chi connectivity index (χ1v) is 8.94. The van der Waals surface area contributed by atoms with E-state index in [1.54, 1.807) is 0 Å². The summed E-state index contributed by atoms with van der Waals surface area (Å²) < 4.78 is 10.8. The highest BCUT2D eigenvalue weighted by Gasteiger charge is 2.27. The SMILES string of the molecule is C/C=C/c1ccc(/C=C/CC2CCC(O)[C@@H](CC)O2)cc1C(=O)OC. The predicted octanol–water partition coefficient (Wildman–Crippen LogP) is 4.23. The van der Waals surface area contributed by atoms with E-state index in [9.17, 15) is 9.90 Å². The molecule has 2 unspecified atom stereocenters. The molecule has 0 saturated carbocycles. The van der Waals surface area contributed by atoms with Crippen LogP contribution in [0.5, 0.6) is 0 Å². The highest BCUT2D eigenvalue weighted by atomic mass is 16.5. The van der Waals surface area contributed by atoms with Crippen LogP contribution in [-0.4, -0.2) is 36.5 Å². The van der Waals surface area contributed by atoms with Crippen LogP contribution in [0.25, 0.3) is 12.2 Å². The number of benzene rings is 1. The van der Waals surface area contributed by atoms with E-state index in [0.717, 1.165) is 36.8 Å². The normalized spacial score (nSPS) is 24.1. The van der Waals surface area contributed by atoms with Crippen molar-refractivity contribution in [2.75, 3.05) is 7.11 Å². The Morgan fingerprint density at radius 1 is 1.36 bits per heavy atom. The molecule has 4 heteroatoms. The average Bonchev–Trinajstić information content (AvgIpc) is 2.63. The molecular weight excluding hydrogens is 316 g/mol. The van der Waals surface area contributed by atoms with E-state index < -0.39 is 0 Å². The summed E-state index contributed by atoms with van der Waals surface area (Å²) in [4.78, 5) is 12.0. The van der Waals surface area contributed by atoms with Gasteiger partial charge < -0.3 is 14.6 Å². The van der Waals surface area contributed by atoms with Crippen molar-refractivity contribution in [3.8, 4) is 0 Å². The molecule has 136 valence electrons. The first kappa shape index (κ1) is 19.4. The molecule has 0 amide bonds. The summed E-state index contributed by atoms with van der Waals surface area (Å²) in [5.41, 5.74) is 2.37. The number of carbonyl (C=O) groups excluding carboxylic acids is 1. The van der Waals surface area contributed by atoms with E-state index in [0.29, 0.717) is 5.56 Å². The van der Waals surface area contributed by atoms with E-state index >= 15 is 0 Å². The molecule has 25 heavy (non-hydrogen) atoms. The van der Waals surface area contributed by atoms with Crippen molar-refractivity contribution in [3.63, 3.8) is 0 Å². The minimum atomic E-state index is -0.341. The number of aliphatic hydroxyl groups excluding tert-OH is 1. The van der Waals surface area contributed by atoms with Crippen LogP contribution in [0.1, 0.15) is 61.0 Å². The highest BCUT2D eigenvalue weighted by molar-refractivity contribution is 5.94. The van der Waals surface area contributed by atoms with Gasteiger partial charge in [-0.3, -0.25) is 0 Å². The smallest absolute Gasteiger partial charge is 0.338 e. The Balaban J connectivity index is 2.04. The minimum absolute atomic E-state index is 0.0572. The van der Waals surface area contributed by atoms with Gasteiger partial charge in [-0.25, -0.2) is 4.79 Å². The van der Waals surface area contributed by atoms with Crippen molar-refractivity contribution in [3.05, 3.63) is 47.0 Å². The fourth-order valence-electron chi connectivity index (χ4n) is 3.14. The fourth-order valence-corrected chi connectivity index (χ4v) is 3.14. The van der Waals surface area contributed by atoms with Crippen LogP contribution < -0.4 is 0 Å². The number of carbonyl (C=O) groups is 1. The van der Waals surface area contributed by atoms with Gasteiger partial charge in [-0.05, 0) is 49.8 Å². The molecule has 1 N–H and O–H groups in total. The van der Waals surface area contributed by atoms with Crippen molar-refractivity contribution in [1.82, 2.24) is 0 Å². The lowest BCUT2D eigenvalue weighted by Gasteiger charge is -2.33. The molecule has 0 aromatic heterocycles. The molecule has 0 spiro atoms. The van der Waals surface area contributed by atoms with Crippen LogP contribution in [0.3, 0.4) is 0 Å². The number of esters is 1. The summed E-state index contributed by atoms with van der Waals surface area (Å²) in [6, 6.07) is 5.75. The van der Waals surface area contributed by atoms with Gasteiger partial charge in [0.1, 0.15) is 0 Å². The van der Waals surface area contributed by atoms with Gasteiger partial charge in [-0.15, -0.1) is 0 Å². The van der Waals surface area contributed by atoms with E-state index in [-0.39, 0.29) is 24.3 Å². The molecule has 1 aliphatic rings. The largest absolute Gasteiger partial charge is 0.465 e. The molecule has 0 bridgehead atoms. The second-order valence-corrected chi connectivity index (χ2v) is 6.33. The Labute approximate surface area is 150 Å². The zero-order valence-corrected chi connectivity index (χ0v) is 15.3. The van der Waals surface area contributed by atoms with Gasteiger partial charge in [0.2, 0.25) is 0 Å². The van der Waals surface area contributed by atoms with Crippen molar-refractivity contribution in [2.24, 2.45) is 0 Å². The van der Waals surface area contributed by atoms with E-state index in [4.69, 9.17) is 9.47 Å². The van der Waals surface area contributed by atoms with Gasteiger partial charge >= 0.3 is 5.97 Å². The van der Waals surface area contributed by atoms with Crippen molar-refractivity contribution in [2.45, 2.75) is 57.8 Å². The third kappa shape index (κ3) is 5.28. The molecule has 0 radical (unpaired) electrons. The molecule has 1 heterocycles. The maximum Gasteiger partial charge on any atom is 0.338 e. The summed E-state index contributed by atoms with van der Waals surface area (Å²) in [5, 5.41) is 9.87. The first-order valence-electron chi connectivity index (χ1n) is 8.94. The lowest BCUT2D eigenvalue weighted by molar-refractivity contribution is -0.116. The molecule has 1 aromatic rings. The van der Waals surface area contributed by atoms with Crippen molar-refractivity contribution in [1.29, 1.82) is 0 Å². The van der Waals surface area contributed by atoms with Gasteiger partial charge in [0.25, 0.3) is 0 Å². The van der Waals surface area contributed by atoms with Crippen LogP contribution in [0, 0.1) is 0 Å². The fraction of sp³-hybridized carbons (Fsp3) is 0.476. The summed E-state index contributed by atoms with van der Waals surface area (Å²) >= 11 is 0. The van der Waals surface area contributed by atoms with Gasteiger partial charge in [0.15, 0.2) is 0 Å². The average molecular weight is 344 g/mol. The number of ether oxygens (including phenoxy) is 2. The number of rotatable bonds is 6. The molecule has 1 saturated heterocycles. The van der Waals surface area contributed by atoms with Crippen LogP contribution in [-0.2, 0) is 9.47 Å². The number of aliphatic hydroxyl groups is 1. The van der Waals surface area contributed by atoms with Gasteiger partial charge in [-0.2, -0.15) is 0 Å². The van der Waals surface area contributed by atoms with E-state index in [1.165, 1.54) is 7.11 Å². The summed E-state index contributed by atoms with van der Waals surface area (Å²) in [5.74, 6) is -0.335. The lowest BCUT2D eigenvalue weighted by Crippen LogP contribution is -2.38. The van der Waals surface area contributed by atoms with Crippen molar-refractivity contribution >= 4 is 18.1 Å². The molecule has 1 aliphatic heterocycles. The van der Waals surface area contributed by atoms with Gasteiger partial charge in [0.05, 0.1) is 31.0 Å². The molecule has 2 rings (SSSR count). The molecule has 3 atom stereocenters. The molecule has 1 aromatic carbocycles. The van der Waals surface area contributed by atoms with Gasteiger partial charge in [0, 0.05) is 0 Å². The summed E-state index contributed by atoms with van der Waals surface area (Å²) in [6.07, 6.45) is 10.9. The number of hydrogen-bond acceptors (Lipinski definition) is 4. The van der Waals surface area contributed by atoms with Gasteiger partial charge in [-0.1, -0.05) is 43.4 Å². The topological polar surface area (TPSA) is 55.8 Å². The number of allylic oxidation sites excluding steroid dienone is 1. The maximum absolute atomic E-state index is 12.0. The third-order valence-electron chi connectivity index (χ3n) is 4.52. The second kappa shape index (κ2) is 9.54. The molecule has 1 fully saturated rings. The zero-order valence-electron chi connectivity index (χ0n) is 15.3.